The van der Waals surface area contributed by atoms with E-state index in [1.165, 1.54) is 17.4 Å². The maximum absolute atomic E-state index is 12.2. The van der Waals surface area contributed by atoms with Crippen LogP contribution in [0.2, 0.25) is 0 Å². The maximum Gasteiger partial charge on any atom is 0.417 e. The Bertz CT molecular complexity index is 1230. The molecule has 2 heterocycles. The van der Waals surface area contributed by atoms with Gasteiger partial charge in [-0.3, -0.25) is 15.1 Å². The number of hydrogen-bond donors (Lipinski definition) is 2. The van der Waals surface area contributed by atoms with Gasteiger partial charge in [-0.05, 0) is 42.8 Å². The van der Waals surface area contributed by atoms with Gasteiger partial charge in [0.2, 0.25) is 5.91 Å². The first-order valence-electron chi connectivity index (χ1n) is 8.91. The Morgan fingerprint density at radius 3 is 2.90 bits per heavy atom. The van der Waals surface area contributed by atoms with Gasteiger partial charge in [0, 0.05) is 17.0 Å². The number of nitrogens with one attached hydrogen (secondary N) is 2. The number of anilines is 1. The number of aromatic amines is 1. The van der Waals surface area contributed by atoms with E-state index in [9.17, 15) is 9.59 Å². The number of carbonyl (C=O) groups is 1. The lowest BCUT2D eigenvalue weighted by molar-refractivity contribution is -0.111. The molecular formula is C21H17N3O4S. The van der Waals surface area contributed by atoms with Gasteiger partial charge in [-0.15, -0.1) is 11.3 Å². The molecule has 146 valence electrons. The van der Waals surface area contributed by atoms with Crippen LogP contribution in [0.1, 0.15) is 12.5 Å². The Balaban J connectivity index is 1.42. The first-order valence-corrected chi connectivity index (χ1v) is 9.79. The monoisotopic (exact) mass is 407 g/mol. The van der Waals surface area contributed by atoms with E-state index in [0.717, 1.165) is 16.9 Å². The molecule has 0 unspecified atom stereocenters. The minimum absolute atomic E-state index is 0.271. The van der Waals surface area contributed by atoms with Crippen molar-refractivity contribution in [1.82, 2.24) is 9.97 Å². The summed E-state index contributed by atoms with van der Waals surface area (Å²) in [7, 11) is 0. The number of ether oxygens (including phenoxy) is 1. The number of benzene rings is 2. The molecule has 7 nitrogen and oxygen atoms in total. The molecule has 0 atom stereocenters. The van der Waals surface area contributed by atoms with Crippen LogP contribution >= 0.6 is 11.3 Å². The predicted molar refractivity (Wildman–Crippen MR) is 113 cm³/mol. The van der Waals surface area contributed by atoms with Crippen LogP contribution in [0.5, 0.6) is 5.75 Å². The van der Waals surface area contributed by atoms with Crippen LogP contribution < -0.4 is 15.8 Å². The summed E-state index contributed by atoms with van der Waals surface area (Å²) in [5.74, 6) is 0.0242. The van der Waals surface area contributed by atoms with Gasteiger partial charge in [0.05, 0.1) is 17.8 Å². The zero-order valence-electron chi connectivity index (χ0n) is 15.5. The highest BCUT2D eigenvalue weighted by atomic mass is 32.1. The minimum Gasteiger partial charge on any atom is -0.494 e. The summed E-state index contributed by atoms with van der Waals surface area (Å²) in [6.07, 6.45) is 3.18. The molecule has 0 saturated heterocycles. The topological polar surface area (TPSA) is 97.2 Å². The zero-order valence-corrected chi connectivity index (χ0v) is 16.3. The van der Waals surface area contributed by atoms with Crippen molar-refractivity contribution in [2.45, 2.75) is 6.92 Å². The number of carbonyl (C=O) groups excluding carboxylic acids is 1. The molecule has 2 N–H and O–H groups in total. The summed E-state index contributed by atoms with van der Waals surface area (Å²) in [6, 6.07) is 12.8. The van der Waals surface area contributed by atoms with Crippen molar-refractivity contribution in [2.75, 3.05) is 11.9 Å². The summed E-state index contributed by atoms with van der Waals surface area (Å²) >= 11 is 1.32. The Morgan fingerprint density at radius 1 is 1.28 bits per heavy atom. The molecule has 2 aromatic carbocycles. The third-order valence-electron chi connectivity index (χ3n) is 4.07. The molecule has 0 saturated carbocycles. The second-order valence-corrected chi connectivity index (χ2v) is 6.95. The maximum atomic E-state index is 12.2. The molecule has 29 heavy (non-hydrogen) atoms. The Hall–Kier alpha value is -3.65. The molecule has 0 aliphatic heterocycles. The molecule has 1 amide bonds. The van der Waals surface area contributed by atoms with E-state index in [4.69, 9.17) is 9.15 Å². The van der Waals surface area contributed by atoms with Crippen molar-refractivity contribution in [2.24, 2.45) is 0 Å². The molecule has 0 bridgehead atoms. The van der Waals surface area contributed by atoms with Crippen LogP contribution in [0.25, 0.3) is 28.4 Å². The first-order chi connectivity index (χ1) is 14.1. The lowest BCUT2D eigenvalue weighted by atomic mass is 10.1. The van der Waals surface area contributed by atoms with Crippen LogP contribution in [-0.4, -0.2) is 22.5 Å². The van der Waals surface area contributed by atoms with E-state index < -0.39 is 5.76 Å². The number of rotatable bonds is 6. The number of hydrogen-bond acceptors (Lipinski definition) is 6. The lowest BCUT2D eigenvalue weighted by Crippen LogP contribution is -2.07. The molecule has 8 heteroatoms. The summed E-state index contributed by atoms with van der Waals surface area (Å²) in [6.45, 7) is 2.54. The van der Waals surface area contributed by atoms with Crippen molar-refractivity contribution in [3.05, 3.63) is 70.0 Å². The summed E-state index contributed by atoms with van der Waals surface area (Å²) in [5.41, 5.74) is 3.46. The van der Waals surface area contributed by atoms with Crippen molar-refractivity contribution < 1.29 is 13.9 Å². The number of oxazole rings is 1. The third-order valence-corrected chi connectivity index (χ3v) is 4.83. The van der Waals surface area contributed by atoms with E-state index in [1.807, 2.05) is 42.6 Å². The molecule has 4 aromatic rings. The second kappa shape index (κ2) is 8.15. The van der Waals surface area contributed by atoms with E-state index >= 15 is 0 Å². The molecule has 0 aliphatic rings. The fourth-order valence-electron chi connectivity index (χ4n) is 2.73. The van der Waals surface area contributed by atoms with E-state index in [0.29, 0.717) is 28.5 Å². The summed E-state index contributed by atoms with van der Waals surface area (Å²) in [4.78, 5) is 30.5. The average Bonchev–Trinajstić information content (AvgIpc) is 3.32. The fraction of sp³-hybridized carbons (Fsp3) is 0.0952. The zero-order chi connectivity index (χ0) is 20.2. The van der Waals surface area contributed by atoms with Gasteiger partial charge in [-0.25, -0.2) is 9.78 Å². The molecule has 4 rings (SSSR count). The number of amides is 1. The van der Waals surface area contributed by atoms with Crippen molar-refractivity contribution >= 4 is 39.6 Å². The number of H-pyrrole nitrogens is 1. The largest absolute Gasteiger partial charge is 0.494 e. The first kappa shape index (κ1) is 18.7. The number of fused-ring (bicyclic) bond motifs is 1. The van der Waals surface area contributed by atoms with Gasteiger partial charge >= 0.3 is 5.76 Å². The van der Waals surface area contributed by atoms with Crippen LogP contribution in [0.15, 0.2) is 63.1 Å². The number of thiazole rings is 1. The molecule has 0 aliphatic carbocycles. The number of nitrogens with zero attached hydrogens (tertiary/aromatic N) is 1. The Labute approximate surface area is 169 Å². The Morgan fingerprint density at radius 2 is 2.10 bits per heavy atom. The van der Waals surface area contributed by atoms with Gasteiger partial charge in [-0.2, -0.15) is 0 Å². The highest BCUT2D eigenvalue weighted by molar-refractivity contribution is 7.14. The van der Waals surface area contributed by atoms with Gasteiger partial charge in [0.1, 0.15) is 5.75 Å². The molecule has 0 spiro atoms. The molecule has 0 radical (unpaired) electrons. The van der Waals surface area contributed by atoms with Crippen molar-refractivity contribution in [1.29, 1.82) is 0 Å². The minimum atomic E-state index is -0.498. The quantitative estimate of drug-likeness (QED) is 0.465. The highest BCUT2D eigenvalue weighted by Gasteiger charge is 2.09. The van der Waals surface area contributed by atoms with Crippen LogP contribution in [0.4, 0.5) is 5.13 Å². The summed E-state index contributed by atoms with van der Waals surface area (Å²) < 4.78 is 10.5. The highest BCUT2D eigenvalue weighted by Crippen LogP contribution is 2.27. The second-order valence-electron chi connectivity index (χ2n) is 6.09. The van der Waals surface area contributed by atoms with Gasteiger partial charge < -0.3 is 9.15 Å². The van der Waals surface area contributed by atoms with Gasteiger partial charge in [-0.1, -0.05) is 18.2 Å². The van der Waals surface area contributed by atoms with Gasteiger partial charge in [0.15, 0.2) is 10.7 Å². The van der Waals surface area contributed by atoms with E-state index in [2.05, 4.69) is 15.3 Å². The lowest BCUT2D eigenvalue weighted by Gasteiger charge is -2.02. The predicted octanol–water partition coefficient (Wildman–Crippen LogP) is 4.30. The average molecular weight is 407 g/mol. The van der Waals surface area contributed by atoms with Crippen molar-refractivity contribution in [3.8, 4) is 17.0 Å². The molecule has 2 aromatic heterocycles. The smallest absolute Gasteiger partial charge is 0.417 e. The summed E-state index contributed by atoms with van der Waals surface area (Å²) in [5, 5.41) is 5.07. The fourth-order valence-corrected chi connectivity index (χ4v) is 3.45. The molecular weight excluding hydrogens is 390 g/mol. The van der Waals surface area contributed by atoms with Crippen LogP contribution in [0.3, 0.4) is 0 Å². The molecule has 0 fully saturated rings. The van der Waals surface area contributed by atoms with Crippen LogP contribution in [0, 0.1) is 0 Å². The third kappa shape index (κ3) is 4.44. The SMILES string of the molecule is CCOc1ccc(/C=C/C(=O)Nc2nc(-c3ccc4[nH]c(=O)oc4c3)cs2)cc1. The van der Waals surface area contributed by atoms with Crippen molar-refractivity contribution in [3.63, 3.8) is 0 Å². The normalized spacial score (nSPS) is 11.2. The Kier molecular flexibility index (Phi) is 5.26. The number of aromatic nitrogens is 2. The van der Waals surface area contributed by atoms with E-state index in [-0.39, 0.29) is 5.91 Å². The van der Waals surface area contributed by atoms with E-state index in [1.54, 1.807) is 18.2 Å². The van der Waals surface area contributed by atoms with Gasteiger partial charge in [0.25, 0.3) is 0 Å². The van der Waals surface area contributed by atoms with Crippen LogP contribution in [-0.2, 0) is 4.79 Å². The standard InChI is InChI=1S/C21H17N3O4S/c1-2-27-15-7-3-13(4-8-15)5-10-19(25)24-20-22-17(12-29-20)14-6-9-16-18(11-14)28-21(26)23-16/h3-12H,2H2,1H3,(H,23,26)(H,22,24,25)/b10-5+.